The Morgan fingerprint density at radius 3 is 2.36 bits per heavy atom. The molecule has 1 heterocycles. The van der Waals surface area contributed by atoms with Crippen LogP contribution in [0.15, 0.2) is 53.4 Å². The topological polar surface area (TPSA) is 122 Å². The van der Waals surface area contributed by atoms with Crippen LogP contribution in [0.1, 0.15) is 18.9 Å². The summed E-state index contributed by atoms with van der Waals surface area (Å²) in [4.78, 5) is 28.9. The lowest BCUT2D eigenvalue weighted by molar-refractivity contribution is -0.122. The number of nitrogens with one attached hydrogen (secondary N) is 1. The zero-order chi connectivity index (χ0) is 24.2. The minimum atomic E-state index is -3.77. The Balaban J connectivity index is 1.79. The van der Waals surface area contributed by atoms with Gasteiger partial charge in [0.2, 0.25) is 15.9 Å². The van der Waals surface area contributed by atoms with Crippen molar-refractivity contribution in [3.05, 3.63) is 54.1 Å². The van der Waals surface area contributed by atoms with Gasteiger partial charge in [-0.2, -0.15) is 0 Å². The van der Waals surface area contributed by atoms with E-state index in [1.54, 1.807) is 48.4 Å². The maximum absolute atomic E-state index is 13.3. The molecule has 1 aliphatic heterocycles. The van der Waals surface area contributed by atoms with Gasteiger partial charge in [0.25, 0.3) is 5.91 Å². The summed E-state index contributed by atoms with van der Waals surface area (Å²) < 4.78 is 28.1. The van der Waals surface area contributed by atoms with E-state index in [1.165, 1.54) is 17.0 Å². The number of carbonyl (C=O) groups is 2. The van der Waals surface area contributed by atoms with E-state index in [-0.39, 0.29) is 23.1 Å². The van der Waals surface area contributed by atoms with Crippen molar-refractivity contribution in [1.29, 1.82) is 0 Å². The Labute approximate surface area is 198 Å². The number of rotatable bonds is 8. The lowest BCUT2D eigenvalue weighted by atomic mass is 10.1. The van der Waals surface area contributed by atoms with Crippen LogP contribution in [-0.4, -0.2) is 56.5 Å². The van der Waals surface area contributed by atoms with Crippen LogP contribution in [0.4, 0.5) is 5.69 Å². The number of ether oxygens (including phenoxy) is 1. The van der Waals surface area contributed by atoms with Crippen molar-refractivity contribution in [2.45, 2.75) is 30.7 Å². The molecule has 176 valence electrons. The number of benzene rings is 2. The van der Waals surface area contributed by atoms with E-state index >= 15 is 0 Å². The maximum atomic E-state index is 13.3. The van der Waals surface area contributed by atoms with Crippen LogP contribution in [0.2, 0.25) is 0 Å². The van der Waals surface area contributed by atoms with Gasteiger partial charge in [-0.25, -0.2) is 18.5 Å². The van der Waals surface area contributed by atoms with E-state index in [1.807, 2.05) is 6.92 Å². The van der Waals surface area contributed by atoms with Gasteiger partial charge in [0.1, 0.15) is 11.8 Å². The van der Waals surface area contributed by atoms with E-state index in [2.05, 4.69) is 5.32 Å². The Morgan fingerprint density at radius 2 is 1.82 bits per heavy atom. The third kappa shape index (κ3) is 5.67. The molecular weight excluding hydrogens is 464 g/mol. The maximum Gasteiger partial charge on any atom is 0.257 e. The van der Waals surface area contributed by atoms with Gasteiger partial charge in [-0.1, -0.05) is 12.1 Å². The van der Waals surface area contributed by atoms with Gasteiger partial charge in [-0.3, -0.25) is 9.59 Å². The summed E-state index contributed by atoms with van der Waals surface area (Å²) in [6, 6.07) is 12.2. The number of imide groups is 1. The molecule has 2 aromatic carbocycles. The number of hydrogen-bond acceptors (Lipinski definition) is 6. The average Bonchev–Trinajstić information content (AvgIpc) is 3.07. The summed E-state index contributed by atoms with van der Waals surface area (Å²) in [6.45, 7) is 2.82. The van der Waals surface area contributed by atoms with Crippen LogP contribution >= 0.6 is 12.2 Å². The average molecular weight is 491 g/mol. The van der Waals surface area contributed by atoms with Crippen molar-refractivity contribution >= 4 is 44.9 Å². The monoisotopic (exact) mass is 490 g/mol. The van der Waals surface area contributed by atoms with E-state index < -0.39 is 16.1 Å². The van der Waals surface area contributed by atoms with Crippen molar-refractivity contribution in [2.24, 2.45) is 5.14 Å². The van der Waals surface area contributed by atoms with E-state index in [9.17, 15) is 18.0 Å². The molecule has 33 heavy (non-hydrogen) atoms. The standard InChI is InChI=1S/C22H26N4O5S2/c1-3-24-22(32)25(13-12-15-4-10-18(11-5-15)33(23,29)30)19-14-20(27)26(21(19)28)16-6-8-17(31-2)9-7-16/h4-11,19H,3,12-14H2,1-2H3,(H,24,32)(H2,23,29,30)/t19-/m0/s1. The minimum Gasteiger partial charge on any atom is -0.497 e. The first-order chi connectivity index (χ1) is 15.7. The highest BCUT2D eigenvalue weighted by Crippen LogP contribution is 2.27. The van der Waals surface area contributed by atoms with Gasteiger partial charge in [-0.05, 0) is 67.5 Å². The number of hydrogen-bond donors (Lipinski definition) is 2. The zero-order valence-corrected chi connectivity index (χ0v) is 20.0. The molecule has 0 unspecified atom stereocenters. The molecule has 1 atom stereocenters. The van der Waals surface area contributed by atoms with E-state index in [0.717, 1.165) is 5.56 Å². The first kappa shape index (κ1) is 24.6. The molecule has 3 rings (SSSR count). The molecule has 0 aromatic heterocycles. The fourth-order valence-corrected chi connectivity index (χ4v) is 4.49. The van der Waals surface area contributed by atoms with Gasteiger partial charge >= 0.3 is 0 Å². The molecular formula is C22H26N4O5S2. The fourth-order valence-electron chi connectivity index (χ4n) is 3.61. The number of amides is 2. The van der Waals surface area contributed by atoms with Gasteiger partial charge in [0, 0.05) is 13.1 Å². The highest BCUT2D eigenvalue weighted by Gasteiger charge is 2.43. The van der Waals surface area contributed by atoms with Crippen molar-refractivity contribution in [2.75, 3.05) is 25.1 Å². The van der Waals surface area contributed by atoms with Crippen molar-refractivity contribution in [3.8, 4) is 5.75 Å². The minimum absolute atomic E-state index is 0.000746. The predicted octanol–water partition coefficient (Wildman–Crippen LogP) is 1.41. The molecule has 3 N–H and O–H groups in total. The first-order valence-corrected chi connectivity index (χ1v) is 12.3. The quantitative estimate of drug-likeness (QED) is 0.421. The third-order valence-electron chi connectivity index (χ3n) is 5.31. The van der Waals surface area contributed by atoms with Crippen molar-refractivity contribution < 1.29 is 22.7 Å². The van der Waals surface area contributed by atoms with Crippen LogP contribution < -0.4 is 20.1 Å². The molecule has 1 aliphatic rings. The van der Waals surface area contributed by atoms with Crippen LogP contribution in [-0.2, 0) is 26.0 Å². The SMILES string of the molecule is CCNC(=S)N(CCc1ccc(S(N)(=O)=O)cc1)[C@H]1CC(=O)N(c2ccc(OC)cc2)C1=O. The smallest absolute Gasteiger partial charge is 0.257 e. The van der Waals surface area contributed by atoms with E-state index in [0.29, 0.717) is 36.1 Å². The van der Waals surface area contributed by atoms with Gasteiger partial charge in [0.05, 0.1) is 24.1 Å². The van der Waals surface area contributed by atoms with Crippen molar-refractivity contribution in [1.82, 2.24) is 10.2 Å². The fraction of sp³-hybridized carbons (Fsp3) is 0.318. The van der Waals surface area contributed by atoms with Crippen molar-refractivity contribution in [3.63, 3.8) is 0 Å². The zero-order valence-electron chi connectivity index (χ0n) is 18.4. The second-order valence-electron chi connectivity index (χ2n) is 7.45. The Kier molecular flexibility index (Phi) is 7.67. The molecule has 0 spiro atoms. The number of nitrogens with two attached hydrogens (primary N) is 1. The molecule has 1 saturated heterocycles. The molecule has 0 saturated carbocycles. The lowest BCUT2D eigenvalue weighted by Crippen LogP contribution is -2.50. The predicted molar refractivity (Wildman–Crippen MR) is 128 cm³/mol. The first-order valence-electron chi connectivity index (χ1n) is 10.3. The Hall–Kier alpha value is -3.02. The summed E-state index contributed by atoms with van der Waals surface area (Å²) in [5.41, 5.74) is 1.32. The number of primary sulfonamides is 1. The third-order valence-corrected chi connectivity index (χ3v) is 6.62. The molecule has 0 bridgehead atoms. The number of anilines is 1. The second-order valence-corrected chi connectivity index (χ2v) is 9.40. The Bertz CT molecular complexity index is 1130. The van der Waals surface area contributed by atoms with Gasteiger partial charge < -0.3 is 15.0 Å². The van der Waals surface area contributed by atoms with Crippen LogP contribution in [0.25, 0.3) is 0 Å². The number of thiocarbonyl (C=S) groups is 1. The highest BCUT2D eigenvalue weighted by atomic mass is 32.2. The number of nitrogens with zero attached hydrogens (tertiary/aromatic N) is 2. The van der Waals surface area contributed by atoms with Gasteiger partial charge in [-0.15, -0.1) is 0 Å². The van der Waals surface area contributed by atoms with Crippen LogP contribution in [0, 0.1) is 0 Å². The molecule has 2 aromatic rings. The second kappa shape index (κ2) is 10.3. The molecule has 0 aliphatic carbocycles. The molecule has 2 amide bonds. The summed E-state index contributed by atoms with van der Waals surface area (Å²) >= 11 is 5.50. The Morgan fingerprint density at radius 1 is 1.18 bits per heavy atom. The number of methoxy groups -OCH3 is 1. The van der Waals surface area contributed by atoms with Gasteiger partial charge in [0.15, 0.2) is 5.11 Å². The normalized spacial score (nSPS) is 16.1. The summed E-state index contributed by atoms with van der Waals surface area (Å²) in [5, 5.41) is 8.58. The summed E-state index contributed by atoms with van der Waals surface area (Å²) in [7, 11) is -2.23. The van der Waals surface area contributed by atoms with Crippen LogP contribution in [0.3, 0.4) is 0 Å². The molecule has 0 radical (unpaired) electrons. The molecule has 11 heteroatoms. The highest BCUT2D eigenvalue weighted by molar-refractivity contribution is 7.89. The lowest BCUT2D eigenvalue weighted by Gasteiger charge is -2.30. The van der Waals surface area contributed by atoms with E-state index in [4.69, 9.17) is 22.1 Å². The number of sulfonamides is 1. The summed E-state index contributed by atoms with van der Waals surface area (Å²) in [6.07, 6.45) is 0.484. The molecule has 9 nitrogen and oxygen atoms in total. The summed E-state index contributed by atoms with van der Waals surface area (Å²) in [5.74, 6) is -0.0373. The van der Waals surface area contributed by atoms with Crippen LogP contribution in [0.5, 0.6) is 5.75 Å². The number of carbonyl (C=O) groups excluding carboxylic acids is 2. The molecule has 1 fully saturated rings. The largest absolute Gasteiger partial charge is 0.497 e.